The number of aliphatic hydroxyl groups excluding tert-OH is 1. The topological polar surface area (TPSA) is 75.8 Å². The van der Waals surface area contributed by atoms with Gasteiger partial charge in [0.25, 0.3) is 0 Å². The van der Waals surface area contributed by atoms with Crippen molar-refractivity contribution in [3.63, 3.8) is 0 Å². The van der Waals surface area contributed by atoms with Gasteiger partial charge in [-0.05, 0) is 23.6 Å². The number of anilines is 1. The Morgan fingerprint density at radius 1 is 1.47 bits per heavy atom. The first kappa shape index (κ1) is 15.5. The number of nitrogens with two attached hydrogens (primary N) is 1. The molecule has 0 heterocycles. The molecule has 5 heteroatoms. The van der Waals surface area contributed by atoms with Crippen molar-refractivity contribution in [1.29, 1.82) is 0 Å². The molecule has 106 valence electrons. The van der Waals surface area contributed by atoms with Gasteiger partial charge in [0.2, 0.25) is 5.91 Å². The zero-order valence-corrected chi connectivity index (χ0v) is 11.9. The molecule has 0 fully saturated rings. The number of likely N-dealkylation sites (N-methyl/N-ethyl adjacent to an activating group) is 1. The first-order valence-corrected chi connectivity index (χ1v) is 6.24. The summed E-state index contributed by atoms with van der Waals surface area (Å²) >= 11 is 0. The molecule has 1 aromatic rings. The second-order valence-corrected chi connectivity index (χ2v) is 4.77. The zero-order valence-electron chi connectivity index (χ0n) is 11.9. The molecule has 1 aromatic carbocycles. The van der Waals surface area contributed by atoms with E-state index >= 15 is 0 Å². The molecule has 1 amide bonds. The van der Waals surface area contributed by atoms with E-state index in [0.29, 0.717) is 17.4 Å². The number of carbonyl (C=O) groups excluding carboxylic acids is 1. The molecule has 0 spiro atoms. The van der Waals surface area contributed by atoms with E-state index in [1.807, 2.05) is 18.2 Å². The molecule has 0 bridgehead atoms. The minimum absolute atomic E-state index is 0.346. The van der Waals surface area contributed by atoms with Gasteiger partial charge in [-0.15, -0.1) is 0 Å². The largest absolute Gasteiger partial charge is 0.495 e. The Hall–Kier alpha value is -1.59. The highest BCUT2D eigenvalue weighted by Gasteiger charge is 2.21. The van der Waals surface area contributed by atoms with Crippen LogP contribution in [0.15, 0.2) is 18.2 Å². The number of carbonyl (C=O) groups is 1. The summed E-state index contributed by atoms with van der Waals surface area (Å²) in [6.45, 7) is 3.77. The fourth-order valence-corrected chi connectivity index (χ4v) is 1.77. The van der Waals surface area contributed by atoms with Crippen LogP contribution in [0.2, 0.25) is 0 Å². The van der Waals surface area contributed by atoms with Gasteiger partial charge in [-0.3, -0.25) is 4.79 Å². The summed E-state index contributed by atoms with van der Waals surface area (Å²) in [6.07, 6.45) is 0. The van der Waals surface area contributed by atoms with Crippen LogP contribution in [-0.2, 0) is 4.79 Å². The minimum atomic E-state index is -0.919. The van der Waals surface area contributed by atoms with Crippen molar-refractivity contribution >= 4 is 11.6 Å². The van der Waals surface area contributed by atoms with Gasteiger partial charge in [0, 0.05) is 7.05 Å². The van der Waals surface area contributed by atoms with Crippen molar-refractivity contribution in [3.8, 4) is 5.75 Å². The fourth-order valence-electron chi connectivity index (χ4n) is 1.77. The van der Waals surface area contributed by atoms with Crippen LogP contribution in [0, 0.1) is 0 Å². The van der Waals surface area contributed by atoms with Crippen LogP contribution in [0.25, 0.3) is 0 Å². The zero-order chi connectivity index (χ0) is 14.6. The van der Waals surface area contributed by atoms with Gasteiger partial charge in [0.1, 0.15) is 11.8 Å². The van der Waals surface area contributed by atoms with Crippen LogP contribution in [-0.4, -0.2) is 37.8 Å². The molecule has 19 heavy (non-hydrogen) atoms. The lowest BCUT2D eigenvalue weighted by atomic mass is 10.0. The van der Waals surface area contributed by atoms with Crippen molar-refractivity contribution in [2.75, 3.05) is 25.7 Å². The number of aliphatic hydroxyl groups is 1. The maximum atomic E-state index is 12.0. The van der Waals surface area contributed by atoms with E-state index in [1.165, 1.54) is 4.90 Å². The number of rotatable bonds is 5. The van der Waals surface area contributed by atoms with Gasteiger partial charge in [-0.1, -0.05) is 19.9 Å². The average molecular weight is 266 g/mol. The van der Waals surface area contributed by atoms with E-state index in [-0.39, 0.29) is 12.5 Å². The SMILES string of the molecule is COc1ccc(C(C)C)cc1N(C)C(=O)C(N)CO. The third-order valence-electron chi connectivity index (χ3n) is 3.08. The molecule has 0 aliphatic carbocycles. The summed E-state index contributed by atoms with van der Waals surface area (Å²) in [5, 5.41) is 8.97. The van der Waals surface area contributed by atoms with Crippen LogP contribution in [0.1, 0.15) is 25.3 Å². The van der Waals surface area contributed by atoms with E-state index in [9.17, 15) is 4.79 Å². The lowest BCUT2D eigenvalue weighted by molar-refractivity contribution is -0.120. The molecular formula is C14H22N2O3. The monoisotopic (exact) mass is 266 g/mol. The second kappa shape index (κ2) is 6.54. The smallest absolute Gasteiger partial charge is 0.246 e. The highest BCUT2D eigenvalue weighted by molar-refractivity contribution is 5.98. The Bertz CT molecular complexity index is 446. The summed E-state index contributed by atoms with van der Waals surface area (Å²) in [5.41, 5.74) is 7.32. The van der Waals surface area contributed by atoms with Crippen molar-refractivity contribution in [1.82, 2.24) is 0 Å². The summed E-state index contributed by atoms with van der Waals surface area (Å²) in [6, 6.07) is 4.79. The second-order valence-electron chi connectivity index (χ2n) is 4.77. The molecule has 0 aliphatic rings. The molecular weight excluding hydrogens is 244 g/mol. The third-order valence-corrected chi connectivity index (χ3v) is 3.08. The predicted octanol–water partition coefficient (Wildman–Crippen LogP) is 1.10. The van der Waals surface area contributed by atoms with E-state index in [0.717, 1.165) is 5.56 Å². The average Bonchev–Trinajstić information content (AvgIpc) is 2.43. The van der Waals surface area contributed by atoms with Gasteiger partial charge in [-0.25, -0.2) is 0 Å². The van der Waals surface area contributed by atoms with Crippen molar-refractivity contribution < 1.29 is 14.6 Å². The molecule has 1 atom stereocenters. The highest BCUT2D eigenvalue weighted by atomic mass is 16.5. The molecule has 5 nitrogen and oxygen atoms in total. The maximum Gasteiger partial charge on any atom is 0.246 e. The number of amides is 1. The Kier molecular flexibility index (Phi) is 5.32. The summed E-state index contributed by atoms with van der Waals surface area (Å²) in [7, 11) is 3.18. The first-order chi connectivity index (χ1) is 8.92. The number of benzene rings is 1. The van der Waals surface area contributed by atoms with Gasteiger partial charge in [-0.2, -0.15) is 0 Å². The van der Waals surface area contributed by atoms with Crippen molar-refractivity contribution in [2.24, 2.45) is 5.73 Å². The van der Waals surface area contributed by atoms with E-state index in [1.54, 1.807) is 14.2 Å². The number of nitrogens with zero attached hydrogens (tertiary/aromatic N) is 1. The normalized spacial score (nSPS) is 12.4. The fraction of sp³-hybridized carbons (Fsp3) is 0.500. The highest BCUT2D eigenvalue weighted by Crippen LogP contribution is 2.31. The molecule has 0 saturated heterocycles. The Morgan fingerprint density at radius 2 is 2.11 bits per heavy atom. The van der Waals surface area contributed by atoms with Gasteiger partial charge < -0.3 is 20.5 Å². The standard InChI is InChI=1S/C14H22N2O3/c1-9(2)10-5-6-13(19-4)12(7-10)16(3)14(18)11(15)8-17/h5-7,9,11,17H,8,15H2,1-4H3. The molecule has 0 saturated carbocycles. The maximum absolute atomic E-state index is 12.0. The lowest BCUT2D eigenvalue weighted by Crippen LogP contribution is -2.44. The summed E-state index contributed by atoms with van der Waals surface area (Å²) in [5.74, 6) is 0.603. The van der Waals surface area contributed by atoms with E-state index in [4.69, 9.17) is 15.6 Å². The quantitative estimate of drug-likeness (QED) is 0.837. The summed E-state index contributed by atoms with van der Waals surface area (Å²) in [4.78, 5) is 13.4. The molecule has 1 unspecified atom stereocenters. The summed E-state index contributed by atoms with van der Waals surface area (Å²) < 4.78 is 5.27. The number of hydrogen-bond donors (Lipinski definition) is 2. The molecule has 1 rings (SSSR count). The van der Waals surface area contributed by atoms with Crippen LogP contribution in [0.3, 0.4) is 0 Å². The van der Waals surface area contributed by atoms with Crippen molar-refractivity contribution in [2.45, 2.75) is 25.8 Å². The van der Waals surface area contributed by atoms with Crippen molar-refractivity contribution in [3.05, 3.63) is 23.8 Å². The van der Waals surface area contributed by atoms with Gasteiger partial charge in [0.15, 0.2) is 0 Å². The van der Waals surface area contributed by atoms with E-state index in [2.05, 4.69) is 13.8 Å². The van der Waals surface area contributed by atoms with Crippen LogP contribution in [0.4, 0.5) is 5.69 Å². The Morgan fingerprint density at radius 3 is 2.58 bits per heavy atom. The number of hydrogen-bond acceptors (Lipinski definition) is 4. The number of ether oxygens (including phenoxy) is 1. The first-order valence-electron chi connectivity index (χ1n) is 6.24. The Balaban J connectivity index is 3.15. The minimum Gasteiger partial charge on any atom is -0.495 e. The van der Waals surface area contributed by atoms with Gasteiger partial charge in [0.05, 0.1) is 19.4 Å². The van der Waals surface area contributed by atoms with Crippen LogP contribution < -0.4 is 15.4 Å². The molecule has 0 aliphatic heterocycles. The van der Waals surface area contributed by atoms with Crippen LogP contribution >= 0.6 is 0 Å². The third kappa shape index (κ3) is 3.45. The van der Waals surface area contributed by atoms with Crippen LogP contribution in [0.5, 0.6) is 5.75 Å². The van der Waals surface area contributed by atoms with Gasteiger partial charge >= 0.3 is 0 Å². The lowest BCUT2D eigenvalue weighted by Gasteiger charge is -2.23. The van der Waals surface area contributed by atoms with E-state index < -0.39 is 6.04 Å². The molecule has 0 aromatic heterocycles. The Labute approximate surface area is 114 Å². The predicted molar refractivity (Wildman–Crippen MR) is 75.6 cm³/mol. The molecule has 3 N–H and O–H groups in total. The molecule has 0 radical (unpaired) electrons. The number of methoxy groups -OCH3 is 1.